The maximum atomic E-state index is 11.8. The summed E-state index contributed by atoms with van der Waals surface area (Å²) in [6.07, 6.45) is 23.4. The van der Waals surface area contributed by atoms with E-state index < -0.39 is 12.2 Å². The van der Waals surface area contributed by atoms with Gasteiger partial charge in [-0.3, -0.25) is 4.79 Å². The molecule has 0 aromatic carbocycles. The smallest absolute Gasteiger partial charge is 0.312 e. The van der Waals surface area contributed by atoms with Crippen LogP contribution in [-0.4, -0.2) is 70.1 Å². The summed E-state index contributed by atoms with van der Waals surface area (Å²) in [7, 11) is 0. The molecule has 0 radical (unpaired) electrons. The highest BCUT2D eigenvalue weighted by Gasteiger charge is 2.41. The summed E-state index contributed by atoms with van der Waals surface area (Å²) in [5.41, 5.74) is 0. The van der Waals surface area contributed by atoms with Crippen molar-refractivity contribution in [1.29, 1.82) is 0 Å². The molecule has 9 atom stereocenters. The van der Waals surface area contributed by atoms with Crippen molar-refractivity contribution in [3.63, 3.8) is 0 Å². The molecule has 7 heteroatoms. The van der Waals surface area contributed by atoms with Crippen molar-refractivity contribution < 1.29 is 34.3 Å². The topological polar surface area (TPSA) is 105 Å². The second kappa shape index (κ2) is 20.3. The van der Waals surface area contributed by atoms with Gasteiger partial charge < -0.3 is 29.5 Å². The highest BCUT2D eigenvalue weighted by Crippen LogP contribution is 2.35. The minimum Gasteiger partial charge on any atom is -0.460 e. The van der Waals surface area contributed by atoms with Crippen LogP contribution in [0.5, 0.6) is 0 Å². The number of rotatable bonds is 23. The van der Waals surface area contributed by atoms with Gasteiger partial charge in [-0.05, 0) is 51.9 Å². The first-order valence-electron chi connectivity index (χ1n) is 18.0. The van der Waals surface area contributed by atoms with Crippen molar-refractivity contribution in [2.24, 2.45) is 5.92 Å². The SMILES string of the molecule is CCCCCCCCCC[C@H](O)[C@H]1CC[C@H]([C@H]2CC[C@H]([C@H](O)CCCCCCCCCC[C@@H]3C(=O)O[C@@H](C)[C@@H]3O)O2)O1. The van der Waals surface area contributed by atoms with Crippen molar-refractivity contribution in [2.45, 2.75) is 210 Å². The quantitative estimate of drug-likeness (QED) is 0.0849. The van der Waals surface area contributed by atoms with Crippen molar-refractivity contribution in [1.82, 2.24) is 0 Å². The zero-order chi connectivity index (χ0) is 30.2. The molecule has 7 nitrogen and oxygen atoms in total. The predicted octanol–water partition coefficient (Wildman–Crippen LogP) is 7.16. The minimum absolute atomic E-state index is 0.0518. The highest BCUT2D eigenvalue weighted by molar-refractivity contribution is 5.75. The molecule has 0 aromatic heterocycles. The number of carbonyl (C=O) groups is 1. The molecule has 3 N–H and O–H groups in total. The number of esters is 1. The summed E-state index contributed by atoms with van der Waals surface area (Å²) in [6, 6.07) is 0. The molecular weight excluding hydrogens is 532 g/mol. The number of aliphatic hydroxyl groups excluding tert-OH is 3. The van der Waals surface area contributed by atoms with E-state index in [0.717, 1.165) is 83.5 Å². The zero-order valence-electron chi connectivity index (χ0n) is 26.9. The van der Waals surface area contributed by atoms with Gasteiger partial charge >= 0.3 is 5.97 Å². The van der Waals surface area contributed by atoms with Crippen molar-refractivity contribution in [3.05, 3.63) is 0 Å². The van der Waals surface area contributed by atoms with Crippen LogP contribution < -0.4 is 0 Å². The van der Waals surface area contributed by atoms with E-state index in [1.165, 1.54) is 64.2 Å². The van der Waals surface area contributed by atoms with Gasteiger partial charge in [0.25, 0.3) is 0 Å². The monoisotopic (exact) mass is 596 g/mol. The van der Waals surface area contributed by atoms with Gasteiger partial charge in [-0.2, -0.15) is 0 Å². The Morgan fingerprint density at radius 2 is 1.10 bits per heavy atom. The third-order valence-corrected chi connectivity index (χ3v) is 10.1. The average molecular weight is 597 g/mol. The second-order valence-corrected chi connectivity index (χ2v) is 13.6. The van der Waals surface area contributed by atoms with Gasteiger partial charge in [-0.25, -0.2) is 0 Å². The summed E-state index contributed by atoms with van der Waals surface area (Å²) in [6.45, 7) is 4.01. The van der Waals surface area contributed by atoms with E-state index in [1.54, 1.807) is 6.92 Å². The lowest BCUT2D eigenvalue weighted by Gasteiger charge is -2.24. The van der Waals surface area contributed by atoms with Gasteiger partial charge in [0.2, 0.25) is 0 Å². The molecule has 0 bridgehead atoms. The fourth-order valence-electron chi connectivity index (χ4n) is 7.22. The van der Waals surface area contributed by atoms with Crippen molar-refractivity contribution >= 4 is 5.97 Å². The highest BCUT2D eigenvalue weighted by atomic mass is 16.6. The van der Waals surface area contributed by atoms with Crippen molar-refractivity contribution in [2.75, 3.05) is 0 Å². The first-order chi connectivity index (χ1) is 20.4. The summed E-state index contributed by atoms with van der Waals surface area (Å²) in [5, 5.41) is 31.4. The van der Waals surface area contributed by atoms with Crippen LogP contribution >= 0.6 is 0 Å². The van der Waals surface area contributed by atoms with Gasteiger partial charge in [0, 0.05) is 0 Å². The van der Waals surface area contributed by atoms with Crippen LogP contribution in [0.4, 0.5) is 0 Å². The lowest BCUT2D eigenvalue weighted by atomic mass is 9.95. The van der Waals surface area contributed by atoms with E-state index in [9.17, 15) is 20.1 Å². The van der Waals surface area contributed by atoms with E-state index in [0.29, 0.717) is 0 Å². The molecule has 0 unspecified atom stereocenters. The number of ether oxygens (including phenoxy) is 3. The van der Waals surface area contributed by atoms with E-state index >= 15 is 0 Å². The maximum Gasteiger partial charge on any atom is 0.312 e. The van der Waals surface area contributed by atoms with Crippen LogP contribution in [-0.2, 0) is 19.0 Å². The Morgan fingerprint density at radius 1 is 0.667 bits per heavy atom. The number of aliphatic hydroxyl groups is 3. The zero-order valence-corrected chi connectivity index (χ0v) is 26.9. The molecule has 3 aliphatic heterocycles. The summed E-state index contributed by atoms with van der Waals surface area (Å²) < 4.78 is 17.7. The first-order valence-corrected chi connectivity index (χ1v) is 18.0. The van der Waals surface area contributed by atoms with E-state index in [4.69, 9.17) is 14.2 Å². The molecular formula is C35H64O7. The Hall–Kier alpha value is -0.730. The molecule has 3 fully saturated rings. The van der Waals surface area contributed by atoms with E-state index in [1.807, 2.05) is 0 Å². The third-order valence-electron chi connectivity index (χ3n) is 10.1. The number of unbranched alkanes of at least 4 members (excludes halogenated alkanes) is 14. The molecule has 3 rings (SSSR count). The number of hydrogen-bond acceptors (Lipinski definition) is 7. The van der Waals surface area contributed by atoms with Crippen LogP contribution in [0, 0.1) is 5.92 Å². The number of hydrogen-bond donors (Lipinski definition) is 3. The Bertz CT molecular complexity index is 717. The van der Waals surface area contributed by atoms with Gasteiger partial charge in [-0.15, -0.1) is 0 Å². The average Bonchev–Trinajstić information content (AvgIpc) is 3.72. The molecule has 246 valence electrons. The van der Waals surface area contributed by atoms with Crippen LogP contribution in [0.25, 0.3) is 0 Å². The minimum atomic E-state index is -0.648. The Balaban J connectivity index is 1.14. The molecule has 3 heterocycles. The summed E-state index contributed by atoms with van der Waals surface area (Å²) in [5.74, 6) is -0.578. The van der Waals surface area contributed by atoms with Crippen LogP contribution in [0.15, 0.2) is 0 Å². The fourth-order valence-corrected chi connectivity index (χ4v) is 7.22. The molecule has 0 spiro atoms. The number of cyclic esters (lactones) is 1. The molecule has 0 aromatic rings. The van der Waals surface area contributed by atoms with Crippen LogP contribution in [0.1, 0.15) is 162 Å². The predicted molar refractivity (Wildman–Crippen MR) is 166 cm³/mol. The Kier molecular flexibility index (Phi) is 17.3. The second-order valence-electron chi connectivity index (χ2n) is 13.6. The molecule has 42 heavy (non-hydrogen) atoms. The van der Waals surface area contributed by atoms with Gasteiger partial charge in [-0.1, -0.05) is 110 Å². The number of carbonyl (C=O) groups excluding carboxylic acids is 1. The maximum absolute atomic E-state index is 11.8. The first kappa shape index (κ1) is 35.7. The van der Waals surface area contributed by atoms with Crippen molar-refractivity contribution in [3.8, 4) is 0 Å². The molecule has 0 aliphatic carbocycles. The van der Waals surface area contributed by atoms with Gasteiger partial charge in [0.15, 0.2) is 0 Å². The molecule has 0 amide bonds. The summed E-state index contributed by atoms with van der Waals surface area (Å²) >= 11 is 0. The molecule has 0 saturated carbocycles. The lowest BCUT2D eigenvalue weighted by molar-refractivity contribution is -0.143. The fraction of sp³-hybridized carbons (Fsp3) is 0.971. The van der Waals surface area contributed by atoms with E-state index in [-0.39, 0.29) is 48.5 Å². The molecule has 3 aliphatic rings. The standard InChI is InChI=1S/C35H64O7/c1-3-4-5-6-7-11-14-17-20-28(36)30-22-24-32(41-30)33-25-23-31(42-33)29(37)21-18-15-12-9-8-10-13-16-19-27-34(38)26(2)40-35(27)39/h26-34,36-38H,3-25H2,1-2H3/t26-,27-,28-,29+,30+,31+,32+,33+,34-/m0/s1. The van der Waals surface area contributed by atoms with Crippen LogP contribution in [0.2, 0.25) is 0 Å². The Morgan fingerprint density at radius 3 is 1.52 bits per heavy atom. The lowest BCUT2D eigenvalue weighted by Crippen LogP contribution is -2.33. The Labute approximate surface area is 256 Å². The van der Waals surface area contributed by atoms with Crippen LogP contribution in [0.3, 0.4) is 0 Å². The van der Waals surface area contributed by atoms with Gasteiger partial charge in [0.05, 0.1) is 42.5 Å². The summed E-state index contributed by atoms with van der Waals surface area (Å²) in [4.78, 5) is 11.8. The normalized spacial score (nSPS) is 31.1. The van der Waals surface area contributed by atoms with Gasteiger partial charge in [0.1, 0.15) is 12.2 Å². The van der Waals surface area contributed by atoms with E-state index in [2.05, 4.69) is 6.92 Å². The third kappa shape index (κ3) is 12.3. The largest absolute Gasteiger partial charge is 0.460 e. The molecule has 3 saturated heterocycles.